The lowest BCUT2D eigenvalue weighted by Crippen LogP contribution is -2.36. The highest BCUT2D eigenvalue weighted by atomic mass is 16.5. The molecule has 2 aromatic carbocycles. The number of amides is 1. The molecule has 1 heterocycles. The third-order valence-corrected chi connectivity index (χ3v) is 4.45. The highest BCUT2D eigenvalue weighted by Crippen LogP contribution is 2.11. The molecule has 0 saturated carbocycles. The van der Waals surface area contributed by atoms with E-state index in [4.69, 9.17) is 4.74 Å². The van der Waals surface area contributed by atoms with Gasteiger partial charge < -0.3 is 10.1 Å². The molecular weight excluding hydrogens is 362 g/mol. The normalized spacial score (nSPS) is 10.7. The van der Waals surface area contributed by atoms with Gasteiger partial charge in [0.1, 0.15) is 0 Å². The summed E-state index contributed by atoms with van der Waals surface area (Å²) in [4.78, 5) is 18.9. The SMILES string of the molecule is CCOc1cc(CNC(=O)CN(Cc2ccccc2)Cc2ccccc2)ccn1. The number of nitrogens with zero attached hydrogens (tertiary/aromatic N) is 2. The first-order chi connectivity index (χ1) is 14.2. The maximum atomic E-state index is 12.6. The van der Waals surface area contributed by atoms with Crippen LogP contribution in [0.25, 0.3) is 0 Å². The molecule has 1 aromatic heterocycles. The molecule has 1 amide bonds. The summed E-state index contributed by atoms with van der Waals surface area (Å²) in [6.07, 6.45) is 1.70. The van der Waals surface area contributed by atoms with Gasteiger partial charge in [-0.1, -0.05) is 60.7 Å². The smallest absolute Gasteiger partial charge is 0.234 e. The number of rotatable bonds is 10. The summed E-state index contributed by atoms with van der Waals surface area (Å²) in [7, 11) is 0. The number of pyridine rings is 1. The van der Waals surface area contributed by atoms with Gasteiger partial charge in [0.2, 0.25) is 11.8 Å². The zero-order valence-corrected chi connectivity index (χ0v) is 16.8. The van der Waals surface area contributed by atoms with Crippen LogP contribution in [0.2, 0.25) is 0 Å². The summed E-state index contributed by atoms with van der Waals surface area (Å²) in [6.45, 7) is 4.69. The summed E-state index contributed by atoms with van der Waals surface area (Å²) < 4.78 is 5.42. The molecule has 29 heavy (non-hydrogen) atoms. The van der Waals surface area contributed by atoms with Crippen LogP contribution in [0.15, 0.2) is 79.0 Å². The number of hydrogen-bond acceptors (Lipinski definition) is 4. The van der Waals surface area contributed by atoms with E-state index < -0.39 is 0 Å². The van der Waals surface area contributed by atoms with E-state index in [0.29, 0.717) is 38.7 Å². The van der Waals surface area contributed by atoms with Crippen molar-refractivity contribution in [3.8, 4) is 5.88 Å². The molecule has 0 radical (unpaired) electrons. The second-order valence-electron chi connectivity index (χ2n) is 6.83. The lowest BCUT2D eigenvalue weighted by Gasteiger charge is -2.22. The summed E-state index contributed by atoms with van der Waals surface area (Å²) in [5.74, 6) is 0.570. The highest BCUT2D eigenvalue weighted by molar-refractivity contribution is 5.78. The number of carbonyl (C=O) groups excluding carboxylic acids is 1. The van der Waals surface area contributed by atoms with Gasteiger partial charge >= 0.3 is 0 Å². The Balaban J connectivity index is 1.60. The zero-order chi connectivity index (χ0) is 20.3. The molecule has 0 aliphatic rings. The Labute approximate surface area is 172 Å². The van der Waals surface area contributed by atoms with Gasteiger partial charge in [0.15, 0.2) is 0 Å². The fourth-order valence-electron chi connectivity index (χ4n) is 3.10. The van der Waals surface area contributed by atoms with Gasteiger partial charge in [0.25, 0.3) is 0 Å². The molecule has 150 valence electrons. The fourth-order valence-corrected chi connectivity index (χ4v) is 3.10. The monoisotopic (exact) mass is 389 g/mol. The minimum Gasteiger partial charge on any atom is -0.478 e. The van der Waals surface area contributed by atoms with Gasteiger partial charge in [-0.3, -0.25) is 9.69 Å². The quantitative estimate of drug-likeness (QED) is 0.573. The van der Waals surface area contributed by atoms with E-state index in [1.165, 1.54) is 11.1 Å². The van der Waals surface area contributed by atoms with E-state index in [1.54, 1.807) is 6.20 Å². The Morgan fingerprint density at radius 3 is 2.14 bits per heavy atom. The predicted octanol–water partition coefficient (Wildman–Crippen LogP) is 3.80. The largest absolute Gasteiger partial charge is 0.478 e. The molecular formula is C24H27N3O2. The Kier molecular flexibility index (Phi) is 7.78. The van der Waals surface area contributed by atoms with Crippen molar-refractivity contribution in [2.45, 2.75) is 26.6 Å². The van der Waals surface area contributed by atoms with E-state index in [0.717, 1.165) is 5.56 Å². The maximum Gasteiger partial charge on any atom is 0.234 e. The maximum absolute atomic E-state index is 12.6. The van der Waals surface area contributed by atoms with E-state index >= 15 is 0 Å². The zero-order valence-electron chi connectivity index (χ0n) is 16.8. The van der Waals surface area contributed by atoms with Crippen molar-refractivity contribution in [2.75, 3.05) is 13.2 Å². The van der Waals surface area contributed by atoms with E-state index in [2.05, 4.69) is 39.5 Å². The Morgan fingerprint density at radius 1 is 0.931 bits per heavy atom. The minimum atomic E-state index is -0.00775. The molecule has 0 atom stereocenters. The van der Waals surface area contributed by atoms with Crippen LogP contribution in [0.1, 0.15) is 23.6 Å². The minimum absolute atomic E-state index is 0.00775. The summed E-state index contributed by atoms with van der Waals surface area (Å²) in [5, 5.41) is 3.01. The standard InChI is InChI=1S/C24H27N3O2/c1-2-29-24-15-22(13-14-25-24)16-26-23(28)19-27(17-20-9-5-3-6-10-20)18-21-11-7-4-8-12-21/h3-15H,2,16-19H2,1H3,(H,26,28). The van der Waals surface area contributed by atoms with E-state index in [-0.39, 0.29) is 5.91 Å². The van der Waals surface area contributed by atoms with Crippen LogP contribution in [0, 0.1) is 0 Å². The molecule has 0 fully saturated rings. The Bertz CT molecular complexity index is 843. The number of ether oxygens (including phenoxy) is 1. The van der Waals surface area contributed by atoms with Gasteiger partial charge in [-0.05, 0) is 29.7 Å². The van der Waals surface area contributed by atoms with Crippen molar-refractivity contribution in [1.29, 1.82) is 0 Å². The molecule has 1 N–H and O–H groups in total. The summed E-state index contributed by atoms with van der Waals surface area (Å²) in [5.41, 5.74) is 3.34. The molecule has 0 spiro atoms. The molecule has 5 nitrogen and oxygen atoms in total. The second kappa shape index (κ2) is 11.0. The lowest BCUT2D eigenvalue weighted by molar-refractivity contribution is -0.122. The third-order valence-electron chi connectivity index (χ3n) is 4.45. The number of benzene rings is 2. The number of aromatic nitrogens is 1. The first-order valence-electron chi connectivity index (χ1n) is 9.87. The van der Waals surface area contributed by atoms with Crippen molar-refractivity contribution in [1.82, 2.24) is 15.2 Å². The molecule has 0 saturated heterocycles. The molecule has 0 aliphatic carbocycles. The molecule has 3 rings (SSSR count). The topological polar surface area (TPSA) is 54.5 Å². The predicted molar refractivity (Wildman–Crippen MR) is 114 cm³/mol. The van der Waals surface area contributed by atoms with Crippen LogP contribution < -0.4 is 10.1 Å². The Morgan fingerprint density at radius 2 is 1.55 bits per heavy atom. The lowest BCUT2D eigenvalue weighted by atomic mass is 10.1. The average Bonchev–Trinajstić information content (AvgIpc) is 2.74. The highest BCUT2D eigenvalue weighted by Gasteiger charge is 2.12. The van der Waals surface area contributed by atoms with Gasteiger partial charge in [0, 0.05) is 31.9 Å². The van der Waals surface area contributed by atoms with Crippen molar-refractivity contribution < 1.29 is 9.53 Å². The van der Waals surface area contributed by atoms with Crippen LogP contribution in [0.5, 0.6) is 5.88 Å². The molecule has 0 aliphatic heterocycles. The summed E-state index contributed by atoms with van der Waals surface area (Å²) in [6, 6.07) is 24.2. The number of hydrogen-bond donors (Lipinski definition) is 1. The first kappa shape index (κ1) is 20.6. The van der Waals surface area contributed by atoms with Crippen LogP contribution in [-0.4, -0.2) is 28.9 Å². The van der Waals surface area contributed by atoms with Crippen LogP contribution in [0.4, 0.5) is 0 Å². The van der Waals surface area contributed by atoms with Gasteiger partial charge in [-0.2, -0.15) is 0 Å². The van der Waals surface area contributed by atoms with E-state index in [9.17, 15) is 4.79 Å². The average molecular weight is 389 g/mol. The van der Waals surface area contributed by atoms with Crippen molar-refractivity contribution in [2.24, 2.45) is 0 Å². The van der Waals surface area contributed by atoms with Crippen molar-refractivity contribution in [3.63, 3.8) is 0 Å². The molecule has 3 aromatic rings. The summed E-state index contributed by atoms with van der Waals surface area (Å²) >= 11 is 0. The molecule has 0 unspecified atom stereocenters. The van der Waals surface area contributed by atoms with Crippen molar-refractivity contribution in [3.05, 3.63) is 95.7 Å². The number of nitrogens with one attached hydrogen (secondary N) is 1. The van der Waals surface area contributed by atoms with Crippen LogP contribution in [0.3, 0.4) is 0 Å². The van der Waals surface area contributed by atoms with Crippen molar-refractivity contribution >= 4 is 5.91 Å². The first-order valence-corrected chi connectivity index (χ1v) is 9.87. The fraction of sp³-hybridized carbons (Fsp3) is 0.250. The molecule has 5 heteroatoms. The Hall–Kier alpha value is -3.18. The van der Waals surface area contributed by atoms with Gasteiger partial charge in [-0.25, -0.2) is 4.98 Å². The molecule has 0 bridgehead atoms. The second-order valence-corrected chi connectivity index (χ2v) is 6.83. The van der Waals surface area contributed by atoms with Crippen LogP contribution in [-0.2, 0) is 24.4 Å². The van der Waals surface area contributed by atoms with Gasteiger partial charge in [-0.15, -0.1) is 0 Å². The number of carbonyl (C=O) groups is 1. The van der Waals surface area contributed by atoms with Crippen LogP contribution >= 0.6 is 0 Å². The van der Waals surface area contributed by atoms with Gasteiger partial charge in [0.05, 0.1) is 13.2 Å². The van der Waals surface area contributed by atoms with E-state index in [1.807, 2.05) is 55.5 Å². The third kappa shape index (κ3) is 7.05.